The van der Waals surface area contributed by atoms with E-state index in [2.05, 4.69) is 0 Å². The third-order valence-corrected chi connectivity index (χ3v) is 9.71. The topological polar surface area (TPSA) is 129 Å². The van der Waals surface area contributed by atoms with Gasteiger partial charge in [0.05, 0.1) is 24.8 Å². The Morgan fingerprint density at radius 2 is 1.74 bits per heavy atom. The number of ether oxygens (including phenoxy) is 3. The summed E-state index contributed by atoms with van der Waals surface area (Å²) in [5, 5.41) is 41.1. The molecule has 0 saturated carbocycles. The highest BCUT2D eigenvalue weighted by molar-refractivity contribution is 8.76. The number of amides is 1. The van der Waals surface area contributed by atoms with Crippen molar-refractivity contribution in [1.82, 2.24) is 4.90 Å². The number of carbonyl (C=O) groups is 1. The molecule has 0 aliphatic carbocycles. The van der Waals surface area contributed by atoms with Crippen molar-refractivity contribution < 1.29 is 52.6 Å². The Balaban J connectivity index is 1.31. The second kappa shape index (κ2) is 17.0. The Morgan fingerprint density at radius 1 is 1.00 bits per heavy atom. The molecule has 1 fully saturated rings. The number of alkyl halides is 3. The highest BCUT2D eigenvalue weighted by Gasteiger charge is 2.44. The van der Waals surface area contributed by atoms with Crippen LogP contribution in [0.25, 0.3) is 10.8 Å². The van der Waals surface area contributed by atoms with Crippen molar-refractivity contribution in [3.63, 3.8) is 0 Å². The van der Waals surface area contributed by atoms with Gasteiger partial charge in [-0.2, -0.15) is 13.2 Å². The maximum Gasteiger partial charge on any atom is 0.416 e. The molecule has 9 nitrogen and oxygen atoms in total. The maximum atomic E-state index is 13.4. The lowest BCUT2D eigenvalue weighted by molar-refractivity contribution is -0.299. The molecule has 3 aromatic rings. The lowest BCUT2D eigenvalue weighted by Crippen LogP contribution is -2.59. The van der Waals surface area contributed by atoms with E-state index in [1.54, 1.807) is 11.0 Å². The molecular formula is C32H38F3NO8S2. The SMILES string of the molecule is C[C@H](c1cccc2ccccc12)N(CCCc1cccc(C(F)(F)F)c1)C(=O)OCSSCCO[C@@H]1O[C@H](CO)[C@@H](O)[C@H](O)[C@H]1O. The van der Waals surface area contributed by atoms with E-state index in [0.717, 1.165) is 28.5 Å². The summed E-state index contributed by atoms with van der Waals surface area (Å²) in [7, 11) is 2.59. The molecule has 1 aliphatic rings. The molecule has 6 atom stereocenters. The summed E-state index contributed by atoms with van der Waals surface area (Å²) in [5.41, 5.74) is 0.735. The number of carbonyl (C=O) groups excluding carboxylic acids is 1. The summed E-state index contributed by atoms with van der Waals surface area (Å²) >= 11 is 0. The van der Waals surface area contributed by atoms with Gasteiger partial charge in [0.15, 0.2) is 6.29 Å². The monoisotopic (exact) mass is 685 g/mol. The zero-order valence-electron chi connectivity index (χ0n) is 25.1. The molecule has 4 N–H and O–H groups in total. The van der Waals surface area contributed by atoms with Gasteiger partial charge in [0.2, 0.25) is 0 Å². The van der Waals surface area contributed by atoms with Crippen molar-refractivity contribution in [2.45, 2.75) is 62.7 Å². The molecule has 0 unspecified atom stereocenters. The van der Waals surface area contributed by atoms with Crippen LogP contribution in [-0.4, -0.2) is 93.6 Å². The molecule has 0 spiro atoms. The number of benzene rings is 3. The molecule has 4 rings (SSSR count). The van der Waals surface area contributed by atoms with E-state index < -0.39 is 55.1 Å². The van der Waals surface area contributed by atoms with Gasteiger partial charge in [-0.15, -0.1) is 0 Å². The van der Waals surface area contributed by atoms with E-state index in [4.69, 9.17) is 14.2 Å². The van der Waals surface area contributed by atoms with Crippen molar-refractivity contribution in [3.05, 3.63) is 83.4 Å². The Bertz CT molecular complexity index is 1410. The highest BCUT2D eigenvalue weighted by Crippen LogP contribution is 2.32. The zero-order valence-corrected chi connectivity index (χ0v) is 26.7. The number of rotatable bonds is 14. The van der Waals surface area contributed by atoms with Crippen LogP contribution in [0.5, 0.6) is 0 Å². The zero-order chi connectivity index (χ0) is 33.3. The van der Waals surface area contributed by atoms with Crippen molar-refractivity contribution >= 4 is 38.5 Å². The number of hydrogen-bond acceptors (Lipinski definition) is 10. The number of hydrogen-bond donors (Lipinski definition) is 4. The van der Waals surface area contributed by atoms with Crippen LogP contribution in [0.3, 0.4) is 0 Å². The predicted octanol–water partition coefficient (Wildman–Crippen LogP) is 5.15. The molecule has 0 bridgehead atoms. The quantitative estimate of drug-likeness (QED) is 0.103. The van der Waals surface area contributed by atoms with Crippen LogP contribution in [0.1, 0.15) is 36.1 Å². The molecule has 1 heterocycles. The van der Waals surface area contributed by atoms with Gasteiger partial charge in [-0.25, -0.2) is 4.79 Å². The summed E-state index contributed by atoms with van der Waals surface area (Å²) in [4.78, 5) is 15.0. The Labute approximate surface area is 273 Å². The first kappa shape index (κ1) is 36.3. The van der Waals surface area contributed by atoms with E-state index >= 15 is 0 Å². The lowest BCUT2D eigenvalue weighted by Gasteiger charge is -2.39. The Kier molecular flexibility index (Phi) is 13.4. The molecule has 14 heteroatoms. The molecule has 1 saturated heterocycles. The number of aliphatic hydroxyl groups excluding tert-OH is 4. The first-order valence-electron chi connectivity index (χ1n) is 14.7. The molecule has 1 aliphatic heterocycles. The van der Waals surface area contributed by atoms with Gasteiger partial charge >= 0.3 is 12.3 Å². The molecule has 252 valence electrons. The molecule has 46 heavy (non-hydrogen) atoms. The van der Waals surface area contributed by atoms with Crippen molar-refractivity contribution in [2.24, 2.45) is 0 Å². The maximum absolute atomic E-state index is 13.4. The van der Waals surface area contributed by atoms with Crippen LogP contribution in [0.4, 0.5) is 18.0 Å². The number of aliphatic hydroxyl groups is 4. The van der Waals surface area contributed by atoms with Crippen LogP contribution in [0.15, 0.2) is 66.7 Å². The highest BCUT2D eigenvalue weighted by atomic mass is 33.1. The van der Waals surface area contributed by atoms with E-state index in [1.165, 1.54) is 27.7 Å². The normalized spacial score (nSPS) is 22.5. The summed E-state index contributed by atoms with van der Waals surface area (Å²) in [6.07, 6.45) is -11.0. The molecule has 0 radical (unpaired) electrons. The summed E-state index contributed by atoms with van der Waals surface area (Å²) in [6.45, 7) is 1.70. The van der Waals surface area contributed by atoms with Crippen molar-refractivity contribution in [2.75, 3.05) is 31.5 Å². The minimum Gasteiger partial charge on any atom is -0.437 e. The van der Waals surface area contributed by atoms with Gasteiger partial charge in [-0.05, 0) is 47.7 Å². The van der Waals surface area contributed by atoms with Crippen LogP contribution < -0.4 is 0 Å². The first-order chi connectivity index (χ1) is 22.0. The van der Waals surface area contributed by atoms with E-state index in [-0.39, 0.29) is 25.1 Å². The van der Waals surface area contributed by atoms with Crippen LogP contribution >= 0.6 is 21.6 Å². The Hall–Kier alpha value is -2.56. The summed E-state index contributed by atoms with van der Waals surface area (Å²) < 4.78 is 55.9. The average Bonchev–Trinajstić information content (AvgIpc) is 3.05. The van der Waals surface area contributed by atoms with Gasteiger partial charge in [0, 0.05) is 12.3 Å². The third kappa shape index (κ3) is 9.50. The second-order valence-corrected chi connectivity index (χ2v) is 13.3. The van der Waals surface area contributed by atoms with Gasteiger partial charge in [0.25, 0.3) is 0 Å². The van der Waals surface area contributed by atoms with E-state index in [0.29, 0.717) is 24.2 Å². The van der Waals surface area contributed by atoms with Gasteiger partial charge in [-0.1, -0.05) is 82.3 Å². The fourth-order valence-electron chi connectivity index (χ4n) is 5.24. The standard InChI is InChI=1S/C32H38F3NO8S2/c1-20(24-13-5-10-22-9-2-3-12-25(22)24)36(14-6-8-21-7-4-11-23(17-21)32(33,34)35)31(41)43-19-46-45-16-15-42-30-29(40)28(39)27(38)26(18-37)44-30/h2-5,7,9-13,17,20,26-30,37-40H,6,8,14-16,18-19H2,1H3/t20-,26-,27-,28+,29-,30-/m1/s1. The number of aryl methyl sites for hydroxylation is 1. The Morgan fingerprint density at radius 3 is 2.50 bits per heavy atom. The fraction of sp³-hybridized carbons (Fsp3) is 0.469. The number of halogens is 3. The molecular weight excluding hydrogens is 647 g/mol. The predicted molar refractivity (Wildman–Crippen MR) is 170 cm³/mol. The molecule has 0 aromatic heterocycles. The summed E-state index contributed by atoms with van der Waals surface area (Å²) in [5.74, 6) is 0.417. The van der Waals surface area contributed by atoms with Gasteiger partial charge in [-0.3, -0.25) is 0 Å². The van der Waals surface area contributed by atoms with Crippen LogP contribution in [-0.2, 0) is 26.8 Å². The lowest BCUT2D eigenvalue weighted by atomic mass is 9.98. The number of fused-ring (bicyclic) bond motifs is 1. The van der Waals surface area contributed by atoms with E-state index in [9.17, 15) is 38.4 Å². The molecule has 1 amide bonds. The minimum atomic E-state index is -4.43. The third-order valence-electron chi connectivity index (χ3n) is 7.71. The van der Waals surface area contributed by atoms with Crippen molar-refractivity contribution in [1.29, 1.82) is 0 Å². The second-order valence-electron chi connectivity index (χ2n) is 10.8. The summed E-state index contributed by atoms with van der Waals surface area (Å²) in [6, 6.07) is 18.5. The minimum absolute atomic E-state index is 0.00985. The molecule has 3 aromatic carbocycles. The fourth-order valence-corrected chi connectivity index (χ4v) is 6.64. The van der Waals surface area contributed by atoms with Crippen molar-refractivity contribution in [3.8, 4) is 0 Å². The smallest absolute Gasteiger partial charge is 0.416 e. The van der Waals surface area contributed by atoms with Crippen LogP contribution in [0, 0.1) is 0 Å². The average molecular weight is 686 g/mol. The van der Waals surface area contributed by atoms with Crippen LogP contribution in [0.2, 0.25) is 0 Å². The van der Waals surface area contributed by atoms with Gasteiger partial charge < -0.3 is 39.5 Å². The van der Waals surface area contributed by atoms with Gasteiger partial charge in [0.1, 0.15) is 30.4 Å². The van der Waals surface area contributed by atoms with E-state index in [1.807, 2.05) is 49.4 Å². The number of nitrogens with zero attached hydrogens (tertiary/aromatic N) is 1. The largest absolute Gasteiger partial charge is 0.437 e. The first-order valence-corrected chi connectivity index (χ1v) is 17.2.